The van der Waals surface area contributed by atoms with Gasteiger partial charge in [0.15, 0.2) is 0 Å². The summed E-state index contributed by atoms with van der Waals surface area (Å²) in [5, 5.41) is 34.7. The molecule has 0 radical (unpaired) electrons. The number of pyridine rings is 1. The molecule has 4 amide bonds. The molecule has 7 atom stereocenters. The maximum atomic E-state index is 13.9. The first-order chi connectivity index (χ1) is 23.4. The minimum Gasteiger partial charge on any atom is -0.390 e. The van der Waals surface area contributed by atoms with Crippen LogP contribution in [0, 0.1) is 23.7 Å². The molecule has 1 aliphatic rings. The highest BCUT2D eigenvalue weighted by Gasteiger charge is 2.41. The van der Waals surface area contributed by atoms with Crippen molar-refractivity contribution in [3.8, 4) is 0 Å². The maximum absolute atomic E-state index is 13.9. The lowest BCUT2D eigenvalue weighted by atomic mass is 9.79. The number of nitrogens with zero attached hydrogens (tertiary/aromatic N) is 2. The standard InChI is InChI=1S/C35H56N8O6/c1-5-22(4)30(35(49)39-19-24-13-9-10-14-38-24)43-34(48)29(21(2)3)32(46)31(45)26(15-23-11-7-6-8-12-23)42-33(47)27(41-28(44)17-36)16-25-18-37-20-40-25/h9-10,13-14,18,20-23,26-27,29-32,45-46H,5-8,11-12,15-17,19,36H2,1-4H3,(H,37,40)(H,39,49)(H,41,44)(H,42,47)(H,43,48)/t22-,26-,27-,29-,30-,31?,32?/m0/s1. The molecule has 2 unspecified atom stereocenters. The van der Waals surface area contributed by atoms with Gasteiger partial charge in [-0.2, -0.15) is 0 Å². The molecule has 1 saturated carbocycles. The highest BCUT2D eigenvalue weighted by atomic mass is 16.3. The van der Waals surface area contributed by atoms with Crippen LogP contribution in [-0.2, 0) is 32.1 Å². The molecule has 2 aromatic heterocycles. The number of amides is 4. The Morgan fingerprint density at radius 3 is 2.31 bits per heavy atom. The molecule has 1 aliphatic carbocycles. The Hall–Kier alpha value is -3.88. The number of aromatic amines is 1. The molecular formula is C35H56N8O6. The number of rotatable bonds is 19. The summed E-state index contributed by atoms with van der Waals surface area (Å²) in [5.41, 5.74) is 6.80. The van der Waals surface area contributed by atoms with Gasteiger partial charge in [-0.05, 0) is 36.3 Å². The van der Waals surface area contributed by atoms with Crippen LogP contribution in [0.2, 0.25) is 0 Å². The van der Waals surface area contributed by atoms with E-state index in [4.69, 9.17) is 5.73 Å². The van der Waals surface area contributed by atoms with Gasteiger partial charge in [-0.15, -0.1) is 0 Å². The van der Waals surface area contributed by atoms with E-state index in [1.165, 1.54) is 6.33 Å². The van der Waals surface area contributed by atoms with Crippen LogP contribution in [0.15, 0.2) is 36.9 Å². The molecule has 0 saturated heterocycles. The summed E-state index contributed by atoms with van der Waals surface area (Å²) < 4.78 is 0. The topological polar surface area (TPSA) is 224 Å². The summed E-state index contributed by atoms with van der Waals surface area (Å²) in [6, 6.07) is 2.55. The Morgan fingerprint density at radius 1 is 0.980 bits per heavy atom. The zero-order chi connectivity index (χ0) is 35.9. The number of hydrogen-bond acceptors (Lipinski definition) is 9. The normalized spacial score (nSPS) is 18.0. The number of nitrogens with two attached hydrogens (primary N) is 1. The molecule has 0 spiro atoms. The maximum Gasteiger partial charge on any atom is 0.243 e. The van der Waals surface area contributed by atoms with Crippen molar-refractivity contribution in [1.29, 1.82) is 0 Å². The second-order valence-corrected chi connectivity index (χ2v) is 13.6. The molecular weight excluding hydrogens is 628 g/mol. The predicted molar refractivity (Wildman–Crippen MR) is 184 cm³/mol. The minimum absolute atomic E-state index is 0.1000. The number of carbonyl (C=O) groups is 4. The highest BCUT2D eigenvalue weighted by molar-refractivity contribution is 5.89. The van der Waals surface area contributed by atoms with Gasteiger partial charge in [0.05, 0.1) is 43.2 Å². The second-order valence-electron chi connectivity index (χ2n) is 13.6. The van der Waals surface area contributed by atoms with E-state index in [0.29, 0.717) is 24.2 Å². The number of aliphatic hydroxyl groups excluding tert-OH is 2. The smallest absolute Gasteiger partial charge is 0.243 e. The van der Waals surface area contributed by atoms with Crippen molar-refractivity contribution >= 4 is 23.6 Å². The predicted octanol–water partition coefficient (Wildman–Crippen LogP) is 1.09. The molecule has 14 nitrogen and oxygen atoms in total. The van der Waals surface area contributed by atoms with Gasteiger partial charge in [0.25, 0.3) is 0 Å². The van der Waals surface area contributed by atoms with Crippen molar-refractivity contribution in [2.24, 2.45) is 29.4 Å². The summed E-state index contributed by atoms with van der Waals surface area (Å²) in [7, 11) is 0. The van der Waals surface area contributed by atoms with Crippen molar-refractivity contribution in [3.05, 3.63) is 48.3 Å². The van der Waals surface area contributed by atoms with Gasteiger partial charge in [-0.25, -0.2) is 4.98 Å². The Kier molecular flexibility index (Phi) is 16.1. The van der Waals surface area contributed by atoms with E-state index < -0.39 is 59.9 Å². The number of H-pyrrole nitrogens is 1. The SMILES string of the molecule is CC[C@H](C)[C@H](NC(=O)[C@@H](C(C)C)C(O)C(O)[C@H](CC1CCCCC1)NC(=O)[C@H](Cc1cnc[nH]1)NC(=O)CN)C(=O)NCc1ccccn1. The van der Waals surface area contributed by atoms with Gasteiger partial charge in [0.2, 0.25) is 23.6 Å². The third-order valence-electron chi connectivity index (χ3n) is 9.57. The first-order valence-electron chi connectivity index (χ1n) is 17.6. The largest absolute Gasteiger partial charge is 0.390 e. The van der Waals surface area contributed by atoms with Crippen molar-refractivity contribution in [2.75, 3.05) is 6.54 Å². The van der Waals surface area contributed by atoms with Crippen LogP contribution in [0.25, 0.3) is 0 Å². The molecule has 0 aliphatic heterocycles. The Labute approximate surface area is 289 Å². The lowest BCUT2D eigenvalue weighted by Gasteiger charge is -2.37. The first-order valence-corrected chi connectivity index (χ1v) is 17.6. The number of nitrogens with one attached hydrogen (secondary N) is 5. The van der Waals surface area contributed by atoms with Crippen LogP contribution in [0.3, 0.4) is 0 Å². The average Bonchev–Trinajstić information content (AvgIpc) is 3.62. The number of aromatic nitrogens is 3. The van der Waals surface area contributed by atoms with Crippen LogP contribution in [0.5, 0.6) is 0 Å². The van der Waals surface area contributed by atoms with Crippen LogP contribution >= 0.6 is 0 Å². The lowest BCUT2D eigenvalue weighted by Crippen LogP contribution is -2.59. The molecule has 9 N–H and O–H groups in total. The molecule has 1 fully saturated rings. The third kappa shape index (κ3) is 12.2. The van der Waals surface area contributed by atoms with E-state index in [1.807, 2.05) is 19.9 Å². The van der Waals surface area contributed by atoms with Crippen molar-refractivity contribution in [1.82, 2.24) is 36.2 Å². The van der Waals surface area contributed by atoms with Crippen LogP contribution in [-0.4, -0.2) is 85.7 Å². The fourth-order valence-electron chi connectivity index (χ4n) is 6.47. The van der Waals surface area contributed by atoms with E-state index in [0.717, 1.165) is 32.1 Å². The van der Waals surface area contributed by atoms with E-state index >= 15 is 0 Å². The Balaban J connectivity index is 1.81. The van der Waals surface area contributed by atoms with Crippen LogP contribution in [0.1, 0.15) is 84.0 Å². The van der Waals surface area contributed by atoms with E-state index in [1.54, 1.807) is 38.4 Å². The van der Waals surface area contributed by atoms with Crippen LogP contribution in [0.4, 0.5) is 0 Å². The molecule has 14 heteroatoms. The summed E-state index contributed by atoms with van der Waals surface area (Å²) in [5.74, 6) is -3.61. The number of imidazole rings is 1. The van der Waals surface area contributed by atoms with Crippen molar-refractivity contribution < 1.29 is 29.4 Å². The molecule has 2 aromatic rings. The van der Waals surface area contributed by atoms with Gasteiger partial charge >= 0.3 is 0 Å². The lowest BCUT2D eigenvalue weighted by molar-refractivity contribution is -0.141. The Bertz CT molecular complexity index is 1300. The van der Waals surface area contributed by atoms with E-state index in [-0.39, 0.29) is 37.3 Å². The minimum atomic E-state index is -1.58. The molecule has 0 aromatic carbocycles. The van der Waals surface area contributed by atoms with E-state index in [2.05, 4.69) is 36.2 Å². The van der Waals surface area contributed by atoms with E-state index in [9.17, 15) is 29.4 Å². The second kappa shape index (κ2) is 20.0. The van der Waals surface area contributed by atoms with Crippen LogP contribution < -0.4 is 27.0 Å². The summed E-state index contributed by atoms with van der Waals surface area (Å²) in [4.78, 5) is 64.3. The van der Waals surface area contributed by atoms with Crippen molar-refractivity contribution in [3.63, 3.8) is 0 Å². The average molecular weight is 685 g/mol. The van der Waals surface area contributed by atoms with Gasteiger partial charge in [-0.1, -0.05) is 72.3 Å². The summed E-state index contributed by atoms with van der Waals surface area (Å²) in [6.07, 6.45) is 7.61. The fraction of sp³-hybridized carbons (Fsp3) is 0.657. The van der Waals surface area contributed by atoms with Gasteiger partial charge in [-0.3, -0.25) is 24.2 Å². The van der Waals surface area contributed by atoms with Gasteiger partial charge < -0.3 is 42.2 Å². The van der Waals surface area contributed by atoms with Gasteiger partial charge in [0, 0.05) is 24.5 Å². The number of hydrogen-bond donors (Lipinski definition) is 8. The zero-order valence-electron chi connectivity index (χ0n) is 29.2. The molecule has 2 heterocycles. The third-order valence-corrected chi connectivity index (χ3v) is 9.57. The molecule has 0 bridgehead atoms. The monoisotopic (exact) mass is 684 g/mol. The molecule has 3 rings (SSSR count). The quantitative estimate of drug-likeness (QED) is 0.106. The molecule has 272 valence electrons. The van der Waals surface area contributed by atoms with Gasteiger partial charge in [0.1, 0.15) is 18.2 Å². The summed E-state index contributed by atoms with van der Waals surface area (Å²) in [6.45, 7) is 7.17. The highest BCUT2D eigenvalue weighted by Crippen LogP contribution is 2.30. The Morgan fingerprint density at radius 2 is 1.71 bits per heavy atom. The fourth-order valence-corrected chi connectivity index (χ4v) is 6.47. The number of carbonyl (C=O) groups excluding carboxylic acids is 4. The summed E-state index contributed by atoms with van der Waals surface area (Å²) >= 11 is 0. The molecule has 49 heavy (non-hydrogen) atoms. The number of aliphatic hydroxyl groups is 2. The zero-order valence-corrected chi connectivity index (χ0v) is 29.2. The van der Waals surface area contributed by atoms with Crippen molar-refractivity contribution in [2.45, 2.75) is 116 Å². The first kappa shape index (κ1) is 39.6.